The lowest BCUT2D eigenvalue weighted by Gasteiger charge is -2.09. The standard InChI is InChI=1S/C8H16N2O/c11-10-7-4-8-2-1-5-9-6-3-8/h8-9H,1-7H2. The van der Waals surface area contributed by atoms with Crippen molar-refractivity contribution in [2.24, 2.45) is 11.1 Å². The maximum absolute atomic E-state index is 9.87. The van der Waals surface area contributed by atoms with E-state index in [1.165, 1.54) is 19.3 Å². The normalized spacial score (nSPS) is 26.0. The highest BCUT2D eigenvalue weighted by molar-refractivity contribution is 4.67. The molecule has 11 heavy (non-hydrogen) atoms. The van der Waals surface area contributed by atoms with E-state index in [0.717, 1.165) is 25.4 Å². The fraction of sp³-hybridized carbons (Fsp3) is 1.00. The first-order chi connectivity index (χ1) is 5.43. The molecule has 1 aliphatic rings. The number of nitrogens with one attached hydrogen (secondary N) is 1. The predicted octanol–water partition coefficient (Wildman–Crippen LogP) is 1.53. The molecule has 0 aromatic heterocycles. The molecule has 1 rings (SSSR count). The summed E-state index contributed by atoms with van der Waals surface area (Å²) in [6, 6.07) is 0. The van der Waals surface area contributed by atoms with Gasteiger partial charge in [-0.05, 0) is 44.7 Å². The van der Waals surface area contributed by atoms with Crippen LogP contribution in [0.1, 0.15) is 25.7 Å². The van der Waals surface area contributed by atoms with Crippen LogP contribution >= 0.6 is 0 Å². The van der Waals surface area contributed by atoms with Gasteiger partial charge in [0.1, 0.15) is 0 Å². The van der Waals surface area contributed by atoms with E-state index >= 15 is 0 Å². The van der Waals surface area contributed by atoms with Crippen LogP contribution in [-0.2, 0) is 0 Å². The second-order valence-electron chi connectivity index (χ2n) is 3.19. The third-order valence-corrected chi connectivity index (χ3v) is 2.32. The van der Waals surface area contributed by atoms with Gasteiger partial charge in [0.05, 0.1) is 6.54 Å². The molecule has 0 radical (unpaired) electrons. The molecule has 1 saturated heterocycles. The molecule has 0 amide bonds. The van der Waals surface area contributed by atoms with E-state index in [9.17, 15) is 4.91 Å². The van der Waals surface area contributed by atoms with Crippen LogP contribution in [0.4, 0.5) is 0 Å². The molecule has 3 heteroatoms. The van der Waals surface area contributed by atoms with Gasteiger partial charge in [0.25, 0.3) is 0 Å². The van der Waals surface area contributed by atoms with Crippen molar-refractivity contribution < 1.29 is 0 Å². The van der Waals surface area contributed by atoms with Gasteiger partial charge in [-0.2, -0.15) is 4.91 Å². The third kappa shape index (κ3) is 3.46. The Morgan fingerprint density at radius 1 is 1.36 bits per heavy atom. The Labute approximate surface area is 67.5 Å². The minimum Gasteiger partial charge on any atom is -0.317 e. The van der Waals surface area contributed by atoms with E-state index in [-0.39, 0.29) is 0 Å². The minimum absolute atomic E-state index is 0.505. The summed E-state index contributed by atoms with van der Waals surface area (Å²) in [5, 5.41) is 6.23. The topological polar surface area (TPSA) is 41.5 Å². The Kier molecular flexibility index (Phi) is 4.12. The molecule has 1 aliphatic heterocycles. The second kappa shape index (κ2) is 5.24. The minimum atomic E-state index is 0.505. The molecule has 1 heterocycles. The number of nitrogens with zero attached hydrogens (tertiary/aromatic N) is 1. The molecule has 0 spiro atoms. The zero-order valence-corrected chi connectivity index (χ0v) is 6.88. The summed E-state index contributed by atoms with van der Waals surface area (Å²) in [6.45, 7) is 2.76. The average Bonchev–Trinajstić information content (AvgIpc) is 2.28. The molecule has 0 aromatic carbocycles. The highest BCUT2D eigenvalue weighted by Crippen LogP contribution is 2.16. The lowest BCUT2D eigenvalue weighted by atomic mass is 9.97. The van der Waals surface area contributed by atoms with Crippen molar-refractivity contribution in [1.29, 1.82) is 0 Å². The van der Waals surface area contributed by atoms with Crippen molar-refractivity contribution in [1.82, 2.24) is 5.32 Å². The summed E-state index contributed by atoms with van der Waals surface area (Å²) in [4.78, 5) is 9.87. The van der Waals surface area contributed by atoms with Crippen molar-refractivity contribution in [3.8, 4) is 0 Å². The van der Waals surface area contributed by atoms with Gasteiger partial charge in [0.2, 0.25) is 0 Å². The fourth-order valence-electron chi connectivity index (χ4n) is 1.62. The Bertz CT molecular complexity index is 109. The summed E-state index contributed by atoms with van der Waals surface area (Å²) >= 11 is 0. The molecule has 1 atom stereocenters. The van der Waals surface area contributed by atoms with Gasteiger partial charge in [-0.15, -0.1) is 0 Å². The van der Waals surface area contributed by atoms with Gasteiger partial charge in [-0.3, -0.25) is 0 Å². The van der Waals surface area contributed by atoms with Crippen LogP contribution in [0.3, 0.4) is 0 Å². The SMILES string of the molecule is O=NCCC1CCCNCC1. The van der Waals surface area contributed by atoms with Gasteiger partial charge < -0.3 is 5.32 Å². The summed E-state index contributed by atoms with van der Waals surface area (Å²) in [5.41, 5.74) is 0. The summed E-state index contributed by atoms with van der Waals surface area (Å²) < 4.78 is 0. The van der Waals surface area contributed by atoms with Crippen molar-refractivity contribution in [2.45, 2.75) is 25.7 Å². The molecule has 1 fully saturated rings. The van der Waals surface area contributed by atoms with Crippen molar-refractivity contribution in [3.05, 3.63) is 4.91 Å². The van der Waals surface area contributed by atoms with Crippen LogP contribution in [0.5, 0.6) is 0 Å². The average molecular weight is 156 g/mol. The van der Waals surface area contributed by atoms with Crippen molar-refractivity contribution in [2.75, 3.05) is 19.6 Å². The van der Waals surface area contributed by atoms with Crippen LogP contribution in [0.25, 0.3) is 0 Å². The van der Waals surface area contributed by atoms with E-state index in [0.29, 0.717) is 6.54 Å². The van der Waals surface area contributed by atoms with E-state index in [4.69, 9.17) is 0 Å². The van der Waals surface area contributed by atoms with Gasteiger partial charge in [0, 0.05) is 0 Å². The zero-order valence-electron chi connectivity index (χ0n) is 6.88. The molecule has 0 aliphatic carbocycles. The highest BCUT2D eigenvalue weighted by atomic mass is 16.3. The Morgan fingerprint density at radius 3 is 3.09 bits per heavy atom. The first kappa shape index (κ1) is 8.65. The monoisotopic (exact) mass is 156 g/mol. The third-order valence-electron chi connectivity index (χ3n) is 2.32. The van der Waals surface area contributed by atoms with E-state index in [1.54, 1.807) is 0 Å². The lowest BCUT2D eigenvalue weighted by Crippen LogP contribution is -2.14. The number of nitroso groups, excluding NO2 is 1. The van der Waals surface area contributed by atoms with E-state index in [2.05, 4.69) is 10.5 Å². The Hall–Kier alpha value is -0.440. The molecule has 1 unspecified atom stereocenters. The number of hydrogen-bond donors (Lipinski definition) is 1. The number of rotatable bonds is 3. The Balaban J connectivity index is 2.14. The molecule has 64 valence electrons. The molecular weight excluding hydrogens is 140 g/mol. The molecule has 0 saturated carbocycles. The lowest BCUT2D eigenvalue weighted by molar-refractivity contribution is 0.445. The van der Waals surface area contributed by atoms with Gasteiger partial charge in [-0.25, -0.2) is 0 Å². The van der Waals surface area contributed by atoms with Crippen LogP contribution in [0.2, 0.25) is 0 Å². The van der Waals surface area contributed by atoms with Crippen LogP contribution in [0.15, 0.2) is 5.18 Å². The quantitative estimate of drug-likeness (QED) is 0.629. The van der Waals surface area contributed by atoms with Crippen molar-refractivity contribution in [3.63, 3.8) is 0 Å². The zero-order chi connectivity index (χ0) is 7.94. The van der Waals surface area contributed by atoms with Gasteiger partial charge >= 0.3 is 0 Å². The van der Waals surface area contributed by atoms with E-state index < -0.39 is 0 Å². The summed E-state index contributed by atoms with van der Waals surface area (Å²) in [6.07, 6.45) is 4.73. The maximum atomic E-state index is 9.87. The highest BCUT2D eigenvalue weighted by Gasteiger charge is 2.10. The molecular formula is C8H16N2O. The van der Waals surface area contributed by atoms with E-state index in [1.807, 2.05) is 0 Å². The maximum Gasteiger partial charge on any atom is 0.0813 e. The van der Waals surface area contributed by atoms with Gasteiger partial charge in [-0.1, -0.05) is 5.18 Å². The van der Waals surface area contributed by atoms with Crippen molar-refractivity contribution >= 4 is 0 Å². The van der Waals surface area contributed by atoms with Crippen LogP contribution in [0, 0.1) is 10.8 Å². The number of hydrogen-bond acceptors (Lipinski definition) is 3. The largest absolute Gasteiger partial charge is 0.317 e. The molecule has 0 aromatic rings. The van der Waals surface area contributed by atoms with Crippen LogP contribution in [-0.4, -0.2) is 19.6 Å². The molecule has 3 nitrogen and oxygen atoms in total. The van der Waals surface area contributed by atoms with Crippen LogP contribution < -0.4 is 5.32 Å². The predicted molar refractivity (Wildman–Crippen MR) is 45.5 cm³/mol. The van der Waals surface area contributed by atoms with Gasteiger partial charge in [0.15, 0.2) is 0 Å². The second-order valence-corrected chi connectivity index (χ2v) is 3.19. The summed E-state index contributed by atoms with van der Waals surface area (Å²) in [5.74, 6) is 0.739. The first-order valence-electron chi connectivity index (χ1n) is 4.43. The summed E-state index contributed by atoms with van der Waals surface area (Å²) in [7, 11) is 0. The smallest absolute Gasteiger partial charge is 0.0813 e. The first-order valence-corrected chi connectivity index (χ1v) is 4.43. The molecule has 0 bridgehead atoms. The Morgan fingerprint density at radius 2 is 2.27 bits per heavy atom. The molecule has 1 N–H and O–H groups in total. The fourth-order valence-corrected chi connectivity index (χ4v) is 1.62.